The van der Waals surface area contributed by atoms with Gasteiger partial charge in [0.2, 0.25) is 0 Å². The van der Waals surface area contributed by atoms with Gasteiger partial charge < -0.3 is 9.84 Å². The van der Waals surface area contributed by atoms with Crippen LogP contribution in [0.25, 0.3) is 5.57 Å². The molecule has 1 saturated heterocycles. The zero-order valence-corrected chi connectivity index (χ0v) is 18.1. The fourth-order valence-electron chi connectivity index (χ4n) is 4.50. The summed E-state index contributed by atoms with van der Waals surface area (Å²) >= 11 is 6.01. The summed E-state index contributed by atoms with van der Waals surface area (Å²) in [6, 6.07) is 19.8. The number of halogens is 1. The van der Waals surface area contributed by atoms with E-state index in [9.17, 15) is 5.11 Å². The lowest BCUT2D eigenvalue weighted by atomic mass is 9.84. The highest BCUT2D eigenvalue weighted by Crippen LogP contribution is 2.37. The summed E-state index contributed by atoms with van der Waals surface area (Å²) < 4.78 is 6.02. The van der Waals surface area contributed by atoms with E-state index in [0.29, 0.717) is 24.5 Å². The van der Waals surface area contributed by atoms with Crippen LogP contribution in [0.2, 0.25) is 5.02 Å². The van der Waals surface area contributed by atoms with Crippen molar-refractivity contribution < 1.29 is 9.84 Å². The van der Waals surface area contributed by atoms with Crippen LogP contribution in [-0.4, -0.2) is 34.6 Å². The molecular formula is C26H25ClN2O2. The van der Waals surface area contributed by atoms with E-state index < -0.39 is 5.60 Å². The van der Waals surface area contributed by atoms with E-state index in [1.54, 1.807) is 0 Å². The number of aromatic nitrogens is 1. The van der Waals surface area contributed by atoms with Crippen LogP contribution in [0.4, 0.5) is 0 Å². The molecule has 5 rings (SSSR count). The number of hydrogen-bond acceptors (Lipinski definition) is 4. The van der Waals surface area contributed by atoms with Gasteiger partial charge in [0, 0.05) is 42.0 Å². The third-order valence-corrected chi connectivity index (χ3v) is 6.59. The topological polar surface area (TPSA) is 45.6 Å². The minimum absolute atomic E-state index is 0.475. The molecule has 2 aliphatic rings. The minimum atomic E-state index is -0.784. The van der Waals surface area contributed by atoms with Crippen molar-refractivity contribution in [2.45, 2.75) is 25.0 Å². The van der Waals surface area contributed by atoms with Crippen molar-refractivity contribution in [1.29, 1.82) is 0 Å². The Hall–Kier alpha value is -2.66. The van der Waals surface area contributed by atoms with Crippen LogP contribution in [0.3, 0.4) is 0 Å². The van der Waals surface area contributed by atoms with Gasteiger partial charge >= 0.3 is 0 Å². The van der Waals surface area contributed by atoms with Gasteiger partial charge in [-0.1, -0.05) is 54.1 Å². The van der Waals surface area contributed by atoms with Gasteiger partial charge in [-0.25, -0.2) is 0 Å². The van der Waals surface area contributed by atoms with Crippen LogP contribution in [0, 0.1) is 0 Å². The van der Waals surface area contributed by atoms with Gasteiger partial charge in [0.25, 0.3) is 0 Å². The fraction of sp³-hybridized carbons (Fsp3) is 0.269. The number of nitrogens with zero attached hydrogens (tertiary/aromatic N) is 2. The van der Waals surface area contributed by atoms with Gasteiger partial charge in [-0.15, -0.1) is 0 Å². The van der Waals surface area contributed by atoms with Gasteiger partial charge in [-0.3, -0.25) is 9.88 Å². The molecule has 0 amide bonds. The van der Waals surface area contributed by atoms with Gasteiger partial charge in [0.05, 0.1) is 11.3 Å². The van der Waals surface area contributed by atoms with Crippen LogP contribution in [0.5, 0.6) is 5.75 Å². The number of likely N-dealkylation sites (tertiary alicyclic amines) is 1. The van der Waals surface area contributed by atoms with Gasteiger partial charge in [-0.05, 0) is 48.2 Å². The molecule has 3 aromatic rings. The highest BCUT2D eigenvalue weighted by Gasteiger charge is 2.33. The Balaban J connectivity index is 1.36. The third-order valence-electron chi connectivity index (χ3n) is 6.34. The number of benzene rings is 2. The van der Waals surface area contributed by atoms with Crippen LogP contribution in [0.1, 0.15) is 35.2 Å². The highest BCUT2D eigenvalue weighted by molar-refractivity contribution is 6.30. The van der Waals surface area contributed by atoms with Crippen molar-refractivity contribution in [3.8, 4) is 5.75 Å². The van der Waals surface area contributed by atoms with Crippen molar-refractivity contribution in [2.75, 3.05) is 19.6 Å². The highest BCUT2D eigenvalue weighted by atomic mass is 35.5. The Morgan fingerprint density at radius 1 is 1.00 bits per heavy atom. The number of fused-ring (bicyclic) bond motifs is 2. The molecule has 0 radical (unpaired) electrons. The molecule has 5 heteroatoms. The zero-order chi connectivity index (χ0) is 21.3. The normalized spacial score (nSPS) is 19.2. The number of ether oxygens (including phenoxy) is 1. The maximum Gasteiger partial charge on any atom is 0.131 e. The largest absolute Gasteiger partial charge is 0.487 e. The maximum absolute atomic E-state index is 11.2. The van der Waals surface area contributed by atoms with Crippen LogP contribution >= 0.6 is 11.6 Å². The van der Waals surface area contributed by atoms with Gasteiger partial charge in [0.15, 0.2) is 0 Å². The predicted octanol–water partition coefficient (Wildman–Crippen LogP) is 5.04. The van der Waals surface area contributed by atoms with Crippen molar-refractivity contribution in [3.63, 3.8) is 0 Å². The summed E-state index contributed by atoms with van der Waals surface area (Å²) in [6.07, 6.45) is 5.50. The molecule has 0 unspecified atom stereocenters. The summed E-state index contributed by atoms with van der Waals surface area (Å²) in [7, 11) is 0. The summed E-state index contributed by atoms with van der Waals surface area (Å²) in [4.78, 5) is 6.93. The number of piperidine rings is 1. The van der Waals surface area contributed by atoms with Crippen molar-refractivity contribution in [2.24, 2.45) is 0 Å². The average molecular weight is 433 g/mol. The number of pyridine rings is 1. The lowest BCUT2D eigenvalue weighted by molar-refractivity contribution is -0.0233. The molecule has 3 heterocycles. The molecule has 0 spiro atoms. The molecule has 2 aromatic carbocycles. The Bertz CT molecular complexity index is 1050. The van der Waals surface area contributed by atoms with Gasteiger partial charge in [0.1, 0.15) is 12.4 Å². The molecule has 4 nitrogen and oxygen atoms in total. The molecule has 0 atom stereocenters. The van der Waals surface area contributed by atoms with Crippen LogP contribution in [-0.2, 0) is 12.2 Å². The molecule has 0 bridgehead atoms. The smallest absolute Gasteiger partial charge is 0.131 e. The van der Waals surface area contributed by atoms with E-state index in [4.69, 9.17) is 16.3 Å². The molecule has 0 saturated carbocycles. The van der Waals surface area contributed by atoms with E-state index in [-0.39, 0.29) is 0 Å². The molecule has 31 heavy (non-hydrogen) atoms. The first kappa shape index (κ1) is 20.3. The van der Waals surface area contributed by atoms with E-state index in [1.165, 1.54) is 0 Å². The monoisotopic (exact) mass is 432 g/mol. The molecule has 1 N–H and O–H groups in total. The molecule has 2 aliphatic heterocycles. The molecule has 158 valence electrons. The number of rotatable bonds is 3. The number of aliphatic hydroxyl groups is 1. The van der Waals surface area contributed by atoms with E-state index in [1.807, 2.05) is 54.7 Å². The summed E-state index contributed by atoms with van der Waals surface area (Å²) in [5.74, 6) is 0.891. The Kier molecular flexibility index (Phi) is 5.53. The quantitative estimate of drug-likeness (QED) is 0.629. The molecule has 0 aliphatic carbocycles. The van der Waals surface area contributed by atoms with Crippen LogP contribution < -0.4 is 4.74 Å². The van der Waals surface area contributed by atoms with Crippen molar-refractivity contribution >= 4 is 17.2 Å². The summed E-state index contributed by atoms with van der Waals surface area (Å²) in [6.45, 7) is 2.96. The van der Waals surface area contributed by atoms with E-state index in [0.717, 1.165) is 53.3 Å². The van der Waals surface area contributed by atoms with Crippen LogP contribution in [0.15, 0.2) is 72.9 Å². The van der Waals surface area contributed by atoms with Gasteiger partial charge in [-0.2, -0.15) is 0 Å². The Morgan fingerprint density at radius 2 is 1.74 bits per heavy atom. The first-order valence-electron chi connectivity index (χ1n) is 10.7. The summed E-state index contributed by atoms with van der Waals surface area (Å²) in [5.41, 5.74) is 4.51. The second-order valence-corrected chi connectivity index (χ2v) is 8.68. The second kappa shape index (κ2) is 8.46. The number of hydrogen-bond donors (Lipinski definition) is 1. The minimum Gasteiger partial charge on any atom is -0.487 e. The molecular weight excluding hydrogens is 408 g/mol. The Labute approximate surface area is 187 Å². The first-order valence-corrected chi connectivity index (χ1v) is 11.1. The van der Waals surface area contributed by atoms with Crippen molar-refractivity contribution in [3.05, 3.63) is 100 Å². The number of para-hydroxylation sites is 1. The fourth-order valence-corrected chi connectivity index (χ4v) is 4.63. The van der Waals surface area contributed by atoms with E-state index >= 15 is 0 Å². The Morgan fingerprint density at radius 3 is 2.55 bits per heavy atom. The third kappa shape index (κ3) is 4.11. The lowest BCUT2D eigenvalue weighted by Crippen LogP contribution is -2.42. The first-order chi connectivity index (χ1) is 15.1. The average Bonchev–Trinajstić information content (AvgIpc) is 2.96. The van der Waals surface area contributed by atoms with Crippen molar-refractivity contribution in [1.82, 2.24) is 9.88 Å². The predicted molar refractivity (Wildman–Crippen MR) is 123 cm³/mol. The standard InChI is InChI=1S/C26H25ClN2O2/c27-20-9-7-19(8-10-20)26(30)12-16-29(17-13-26)15-11-21-22-5-3-14-28-24(22)18-31-25-6-2-1-4-23(21)25/h1-11,14,30H,12-13,15-18H2/b21-11-. The zero-order valence-electron chi connectivity index (χ0n) is 17.3. The molecule has 1 fully saturated rings. The lowest BCUT2D eigenvalue weighted by Gasteiger charge is -2.38. The second-order valence-electron chi connectivity index (χ2n) is 8.24. The maximum atomic E-state index is 11.2. The summed E-state index contributed by atoms with van der Waals surface area (Å²) in [5, 5.41) is 11.8. The molecule has 1 aromatic heterocycles. The van der Waals surface area contributed by atoms with E-state index in [2.05, 4.69) is 28.1 Å². The SMILES string of the molecule is OC1(c2ccc(Cl)cc2)CCN(C/C=C2\c3ccccc3OCc3ncccc32)CC1.